The minimum absolute atomic E-state index is 0.115. The quantitative estimate of drug-likeness (QED) is 0.546. The lowest BCUT2D eigenvalue weighted by Gasteiger charge is -2.37. The third-order valence-corrected chi connectivity index (χ3v) is 4.23. The van der Waals surface area contributed by atoms with E-state index in [1.807, 2.05) is 4.90 Å². The molecular formula is C12H12N2O5. The lowest BCUT2D eigenvalue weighted by Crippen LogP contribution is -2.52. The summed E-state index contributed by atoms with van der Waals surface area (Å²) in [6.07, 6.45) is 4.57. The van der Waals surface area contributed by atoms with Gasteiger partial charge in [-0.25, -0.2) is 19.5 Å². The molecular weight excluding hydrogens is 252 g/mol. The smallest absolute Gasteiger partial charge is 0.421 e. The molecule has 2 bridgehead atoms. The zero-order valence-corrected chi connectivity index (χ0v) is 10.1. The Morgan fingerprint density at radius 3 is 2.84 bits per heavy atom. The summed E-state index contributed by atoms with van der Waals surface area (Å²) in [5, 5.41) is 0. The van der Waals surface area contributed by atoms with E-state index in [-0.39, 0.29) is 5.92 Å². The van der Waals surface area contributed by atoms with Gasteiger partial charge >= 0.3 is 17.8 Å². The van der Waals surface area contributed by atoms with Crippen molar-refractivity contribution in [3.8, 4) is 0 Å². The lowest BCUT2D eigenvalue weighted by molar-refractivity contribution is -0.263. The van der Waals surface area contributed by atoms with Gasteiger partial charge in [0.25, 0.3) is 0 Å². The molecule has 0 aliphatic carbocycles. The van der Waals surface area contributed by atoms with Gasteiger partial charge in [-0.1, -0.05) is 0 Å². The fraction of sp³-hybridized carbons (Fsp3) is 0.583. The van der Waals surface area contributed by atoms with E-state index in [4.69, 9.17) is 13.9 Å². The van der Waals surface area contributed by atoms with E-state index in [1.165, 1.54) is 6.26 Å². The van der Waals surface area contributed by atoms with E-state index >= 15 is 0 Å². The number of hydrogen-bond acceptors (Lipinski definition) is 7. The molecule has 0 aromatic carbocycles. The number of oxazole rings is 1. The van der Waals surface area contributed by atoms with Crippen LogP contribution in [-0.4, -0.2) is 40.8 Å². The summed E-state index contributed by atoms with van der Waals surface area (Å²) in [4.78, 5) is 28.8. The molecule has 3 aliphatic heterocycles. The van der Waals surface area contributed by atoms with Crippen molar-refractivity contribution < 1.29 is 23.5 Å². The van der Waals surface area contributed by atoms with Crippen LogP contribution in [-0.2, 0) is 25.5 Å². The van der Waals surface area contributed by atoms with Crippen molar-refractivity contribution in [1.82, 2.24) is 9.88 Å². The van der Waals surface area contributed by atoms with Gasteiger partial charge in [0, 0.05) is 19.5 Å². The van der Waals surface area contributed by atoms with Gasteiger partial charge in [-0.3, -0.25) is 0 Å². The first-order chi connectivity index (χ1) is 9.19. The van der Waals surface area contributed by atoms with E-state index in [1.54, 1.807) is 6.20 Å². The van der Waals surface area contributed by atoms with Gasteiger partial charge in [-0.15, -0.1) is 0 Å². The van der Waals surface area contributed by atoms with Crippen LogP contribution in [0, 0.1) is 11.8 Å². The second-order valence-corrected chi connectivity index (χ2v) is 5.14. The summed E-state index contributed by atoms with van der Waals surface area (Å²) < 4.78 is 15.8. The fourth-order valence-corrected chi connectivity index (χ4v) is 3.42. The van der Waals surface area contributed by atoms with Gasteiger partial charge in [0.05, 0.1) is 12.1 Å². The van der Waals surface area contributed by atoms with Gasteiger partial charge in [-0.2, -0.15) is 0 Å². The number of hydrogen-bond donors (Lipinski definition) is 0. The van der Waals surface area contributed by atoms with Crippen LogP contribution in [0.1, 0.15) is 12.3 Å². The van der Waals surface area contributed by atoms with Crippen molar-refractivity contribution in [3.05, 3.63) is 18.4 Å². The van der Waals surface area contributed by atoms with Crippen LogP contribution in [0.4, 0.5) is 0 Å². The van der Waals surface area contributed by atoms with Crippen LogP contribution in [0.2, 0.25) is 0 Å². The first-order valence-electron chi connectivity index (χ1n) is 6.29. The van der Waals surface area contributed by atoms with Gasteiger partial charge in [0.2, 0.25) is 0 Å². The number of carbonyl (C=O) groups excluding carboxylic acids is 2. The van der Waals surface area contributed by atoms with Crippen LogP contribution in [0.15, 0.2) is 16.9 Å². The SMILES string of the molecule is O=C1OC2(OC1=O)C(Cc1ncco1)C1CCN2C1. The first kappa shape index (κ1) is 11.0. The van der Waals surface area contributed by atoms with Gasteiger partial charge in [0.15, 0.2) is 5.89 Å². The van der Waals surface area contributed by atoms with E-state index in [2.05, 4.69) is 4.98 Å². The third-order valence-electron chi connectivity index (χ3n) is 4.23. The lowest BCUT2D eigenvalue weighted by atomic mass is 9.86. The maximum absolute atomic E-state index is 11.4. The number of aromatic nitrogens is 1. The van der Waals surface area contributed by atoms with E-state index in [0.717, 1.165) is 19.5 Å². The summed E-state index contributed by atoms with van der Waals surface area (Å²) in [6, 6.07) is 0. The minimum Gasteiger partial charge on any atom is -0.449 e. The predicted molar refractivity (Wildman–Crippen MR) is 58.3 cm³/mol. The van der Waals surface area contributed by atoms with Crippen molar-refractivity contribution >= 4 is 11.9 Å². The molecule has 19 heavy (non-hydrogen) atoms. The Morgan fingerprint density at radius 1 is 1.37 bits per heavy atom. The summed E-state index contributed by atoms with van der Waals surface area (Å²) in [6.45, 7) is 1.54. The van der Waals surface area contributed by atoms with Crippen LogP contribution in [0.25, 0.3) is 0 Å². The molecule has 7 heteroatoms. The molecule has 4 heterocycles. The average molecular weight is 264 g/mol. The number of rotatable bonds is 2. The Labute approximate surface area is 108 Å². The zero-order valence-electron chi connectivity index (χ0n) is 10.1. The molecule has 1 spiro atoms. The van der Waals surface area contributed by atoms with E-state index in [9.17, 15) is 9.59 Å². The highest BCUT2D eigenvalue weighted by Crippen LogP contribution is 2.50. The maximum Gasteiger partial charge on any atom is 0.421 e. The Balaban J connectivity index is 1.68. The Morgan fingerprint density at radius 2 is 2.16 bits per heavy atom. The fourth-order valence-electron chi connectivity index (χ4n) is 3.42. The summed E-state index contributed by atoms with van der Waals surface area (Å²) in [5.41, 5.74) is 0. The average Bonchev–Trinajstić information content (AvgIpc) is 3.11. The Hall–Kier alpha value is -1.89. The number of fused-ring (bicyclic) bond motifs is 3. The molecule has 100 valence electrons. The second kappa shape index (κ2) is 3.57. The highest BCUT2D eigenvalue weighted by atomic mass is 16.8. The molecule has 3 fully saturated rings. The number of ether oxygens (including phenoxy) is 2. The van der Waals surface area contributed by atoms with Crippen molar-refractivity contribution in [3.63, 3.8) is 0 Å². The number of nitrogens with zero attached hydrogens (tertiary/aromatic N) is 2. The number of esters is 2. The normalized spacial score (nSPS) is 34.8. The molecule has 1 aromatic rings. The van der Waals surface area contributed by atoms with Crippen molar-refractivity contribution in [2.75, 3.05) is 13.1 Å². The van der Waals surface area contributed by atoms with Crippen LogP contribution >= 0.6 is 0 Å². The molecule has 1 aromatic heterocycles. The van der Waals surface area contributed by atoms with Crippen LogP contribution < -0.4 is 0 Å². The molecule has 7 nitrogen and oxygen atoms in total. The highest BCUT2D eigenvalue weighted by Gasteiger charge is 2.67. The Bertz CT molecular complexity index is 524. The molecule has 0 radical (unpaired) electrons. The Kier molecular flexibility index (Phi) is 2.06. The molecule has 3 aliphatic rings. The molecule has 0 amide bonds. The summed E-state index contributed by atoms with van der Waals surface area (Å²) in [5.74, 6) is -2.28. The van der Waals surface area contributed by atoms with Gasteiger partial charge < -0.3 is 13.9 Å². The molecule has 4 rings (SSSR count). The minimum atomic E-state index is -1.23. The van der Waals surface area contributed by atoms with Crippen molar-refractivity contribution in [1.29, 1.82) is 0 Å². The molecule has 3 saturated heterocycles. The highest BCUT2D eigenvalue weighted by molar-refractivity contribution is 6.31. The standard InChI is InChI=1S/C12H12N2O5/c15-10-11(16)19-12(18-10)8(5-9-13-2-4-17-9)7-1-3-14(12)6-7/h2,4,7-8H,1,3,5-6H2. The topological polar surface area (TPSA) is 81.9 Å². The largest absolute Gasteiger partial charge is 0.449 e. The molecule has 3 atom stereocenters. The number of piperidine rings is 1. The van der Waals surface area contributed by atoms with Gasteiger partial charge in [0.1, 0.15) is 6.26 Å². The zero-order chi connectivity index (χ0) is 13.0. The van der Waals surface area contributed by atoms with E-state index in [0.29, 0.717) is 18.2 Å². The maximum atomic E-state index is 11.4. The van der Waals surface area contributed by atoms with Crippen LogP contribution in [0.5, 0.6) is 0 Å². The van der Waals surface area contributed by atoms with Gasteiger partial charge in [-0.05, 0) is 12.3 Å². The summed E-state index contributed by atoms with van der Waals surface area (Å²) in [7, 11) is 0. The third kappa shape index (κ3) is 1.39. The number of carbonyl (C=O) groups is 2. The van der Waals surface area contributed by atoms with E-state index < -0.39 is 17.8 Å². The molecule has 0 saturated carbocycles. The van der Waals surface area contributed by atoms with Crippen LogP contribution in [0.3, 0.4) is 0 Å². The molecule has 0 N–H and O–H groups in total. The predicted octanol–water partition coefficient (Wildman–Crippen LogP) is -0.0774. The first-order valence-corrected chi connectivity index (χ1v) is 6.29. The van der Waals surface area contributed by atoms with Crippen molar-refractivity contribution in [2.45, 2.75) is 18.8 Å². The monoisotopic (exact) mass is 264 g/mol. The second-order valence-electron chi connectivity index (χ2n) is 5.14. The van der Waals surface area contributed by atoms with Crippen molar-refractivity contribution in [2.24, 2.45) is 11.8 Å². The molecule has 3 unspecified atom stereocenters. The summed E-state index contributed by atoms with van der Waals surface area (Å²) >= 11 is 0.